The highest BCUT2D eigenvalue weighted by Crippen LogP contribution is 2.13. The molecule has 0 amide bonds. The Hall–Kier alpha value is -1.35. The summed E-state index contributed by atoms with van der Waals surface area (Å²) >= 11 is 5.95. The van der Waals surface area contributed by atoms with Crippen molar-refractivity contribution in [1.82, 2.24) is 15.1 Å². The van der Waals surface area contributed by atoms with Crippen LogP contribution in [-0.4, -0.2) is 88.7 Å². The number of piperazine rings is 1. The van der Waals surface area contributed by atoms with Gasteiger partial charge in [0.1, 0.15) is 9.84 Å². The number of aliphatic imine (C=N–C) groups is 1. The van der Waals surface area contributed by atoms with E-state index in [9.17, 15) is 8.42 Å². The molecule has 0 aromatic heterocycles. The first-order chi connectivity index (χ1) is 13.4. The van der Waals surface area contributed by atoms with Gasteiger partial charge in [0, 0.05) is 50.5 Å². The van der Waals surface area contributed by atoms with Gasteiger partial charge >= 0.3 is 0 Å². The SMILES string of the molecule is CCNC(=NCCOCCS(C)(=O)=O)N1CCN(Cc2ccc(Cl)cc2)CC1. The van der Waals surface area contributed by atoms with Crippen LogP contribution < -0.4 is 5.32 Å². The van der Waals surface area contributed by atoms with Crippen molar-refractivity contribution < 1.29 is 13.2 Å². The van der Waals surface area contributed by atoms with Crippen LogP contribution in [0.15, 0.2) is 29.3 Å². The van der Waals surface area contributed by atoms with Gasteiger partial charge in [0.25, 0.3) is 0 Å². The first kappa shape index (κ1) is 22.9. The third kappa shape index (κ3) is 8.77. The van der Waals surface area contributed by atoms with E-state index >= 15 is 0 Å². The summed E-state index contributed by atoms with van der Waals surface area (Å²) in [5.74, 6) is 0.937. The summed E-state index contributed by atoms with van der Waals surface area (Å²) in [6.07, 6.45) is 1.21. The Labute approximate surface area is 173 Å². The molecule has 1 fully saturated rings. The molecular weight excluding hydrogens is 400 g/mol. The maximum atomic E-state index is 11.1. The van der Waals surface area contributed by atoms with Crippen LogP contribution in [0.3, 0.4) is 0 Å². The van der Waals surface area contributed by atoms with Gasteiger partial charge in [0.15, 0.2) is 5.96 Å². The van der Waals surface area contributed by atoms with Crippen molar-refractivity contribution in [2.24, 2.45) is 4.99 Å². The smallest absolute Gasteiger partial charge is 0.194 e. The standard InChI is InChI=1S/C19H31ClN4O3S/c1-3-21-19(22-8-13-27-14-15-28(2,25)26)24-11-9-23(10-12-24)16-17-4-6-18(20)7-5-17/h4-7H,3,8-16H2,1-2H3,(H,21,22). The molecule has 1 aromatic rings. The summed E-state index contributed by atoms with van der Waals surface area (Å²) in [5.41, 5.74) is 1.27. The molecule has 7 nitrogen and oxygen atoms in total. The average molecular weight is 431 g/mol. The van der Waals surface area contributed by atoms with E-state index in [-0.39, 0.29) is 12.4 Å². The van der Waals surface area contributed by atoms with Gasteiger partial charge in [-0.3, -0.25) is 9.89 Å². The molecule has 0 unspecified atom stereocenters. The molecule has 1 aliphatic rings. The third-order valence-corrected chi connectivity index (χ3v) is 5.58. The highest BCUT2D eigenvalue weighted by Gasteiger charge is 2.19. The summed E-state index contributed by atoms with van der Waals surface area (Å²) in [4.78, 5) is 9.30. The minimum absolute atomic E-state index is 0.0480. The van der Waals surface area contributed by atoms with Crippen LogP contribution in [0.5, 0.6) is 0 Å². The zero-order valence-corrected chi connectivity index (χ0v) is 18.3. The summed E-state index contributed by atoms with van der Waals surface area (Å²) in [7, 11) is -2.98. The van der Waals surface area contributed by atoms with Gasteiger partial charge in [0.05, 0.1) is 25.5 Å². The molecule has 0 bridgehead atoms. The molecule has 1 aromatic carbocycles. The molecule has 1 N–H and O–H groups in total. The van der Waals surface area contributed by atoms with Crippen LogP contribution >= 0.6 is 11.6 Å². The fraction of sp³-hybridized carbons (Fsp3) is 0.632. The van der Waals surface area contributed by atoms with Crippen molar-refractivity contribution in [2.75, 3.05) is 64.5 Å². The van der Waals surface area contributed by atoms with Crippen LogP contribution in [0, 0.1) is 0 Å². The number of guanidine groups is 1. The molecule has 9 heteroatoms. The van der Waals surface area contributed by atoms with E-state index in [1.54, 1.807) is 0 Å². The molecule has 1 saturated heterocycles. The minimum Gasteiger partial charge on any atom is -0.378 e. The number of rotatable bonds is 9. The van der Waals surface area contributed by atoms with Crippen molar-refractivity contribution in [3.05, 3.63) is 34.9 Å². The molecule has 0 spiro atoms. The maximum absolute atomic E-state index is 11.1. The van der Waals surface area contributed by atoms with E-state index in [4.69, 9.17) is 16.3 Å². The Morgan fingerprint density at radius 1 is 1.18 bits per heavy atom. The number of nitrogens with zero attached hydrogens (tertiary/aromatic N) is 3. The zero-order chi connectivity index (χ0) is 20.4. The third-order valence-electron chi connectivity index (χ3n) is 4.42. The van der Waals surface area contributed by atoms with E-state index in [1.807, 2.05) is 12.1 Å². The second-order valence-electron chi connectivity index (χ2n) is 6.87. The number of nitrogens with one attached hydrogen (secondary N) is 1. The van der Waals surface area contributed by atoms with Gasteiger partial charge in [-0.05, 0) is 24.6 Å². The van der Waals surface area contributed by atoms with Crippen molar-refractivity contribution in [2.45, 2.75) is 13.5 Å². The van der Waals surface area contributed by atoms with Gasteiger partial charge in [-0.2, -0.15) is 0 Å². The lowest BCUT2D eigenvalue weighted by molar-refractivity contribution is 0.155. The topological polar surface area (TPSA) is 74.2 Å². The molecule has 1 aliphatic heterocycles. The lowest BCUT2D eigenvalue weighted by Crippen LogP contribution is -2.52. The van der Waals surface area contributed by atoms with Crippen LogP contribution in [0.4, 0.5) is 0 Å². The second-order valence-corrected chi connectivity index (χ2v) is 9.56. The fourth-order valence-electron chi connectivity index (χ4n) is 2.92. The number of sulfone groups is 1. The van der Waals surface area contributed by atoms with Gasteiger partial charge in [-0.1, -0.05) is 23.7 Å². The molecule has 0 atom stereocenters. The van der Waals surface area contributed by atoms with E-state index in [0.29, 0.717) is 13.2 Å². The minimum atomic E-state index is -2.98. The van der Waals surface area contributed by atoms with Gasteiger partial charge in [-0.15, -0.1) is 0 Å². The molecule has 28 heavy (non-hydrogen) atoms. The van der Waals surface area contributed by atoms with Gasteiger partial charge in [-0.25, -0.2) is 8.42 Å². The monoisotopic (exact) mass is 430 g/mol. The predicted octanol–water partition coefficient (Wildman–Crippen LogP) is 1.48. The average Bonchev–Trinajstić information content (AvgIpc) is 2.65. The van der Waals surface area contributed by atoms with Crippen LogP contribution in [-0.2, 0) is 21.1 Å². The molecule has 0 aliphatic carbocycles. The second kappa shape index (κ2) is 11.6. The Morgan fingerprint density at radius 2 is 1.86 bits per heavy atom. The van der Waals surface area contributed by atoms with E-state index in [2.05, 4.69) is 39.2 Å². The normalized spacial score (nSPS) is 16.4. The van der Waals surface area contributed by atoms with Gasteiger partial charge in [0.2, 0.25) is 0 Å². The zero-order valence-electron chi connectivity index (χ0n) is 16.7. The number of ether oxygens (including phenoxy) is 1. The number of hydrogen-bond acceptors (Lipinski definition) is 5. The van der Waals surface area contributed by atoms with Crippen molar-refractivity contribution in [3.8, 4) is 0 Å². The van der Waals surface area contributed by atoms with Crippen molar-refractivity contribution >= 4 is 27.4 Å². The number of hydrogen-bond donors (Lipinski definition) is 1. The lowest BCUT2D eigenvalue weighted by Gasteiger charge is -2.36. The predicted molar refractivity (Wildman–Crippen MR) is 115 cm³/mol. The highest BCUT2D eigenvalue weighted by molar-refractivity contribution is 7.90. The van der Waals surface area contributed by atoms with Crippen LogP contribution in [0.1, 0.15) is 12.5 Å². The van der Waals surface area contributed by atoms with Crippen molar-refractivity contribution in [3.63, 3.8) is 0 Å². The molecule has 0 radical (unpaired) electrons. The lowest BCUT2D eigenvalue weighted by atomic mass is 10.2. The number of benzene rings is 1. The summed E-state index contributed by atoms with van der Waals surface area (Å²) in [5, 5.41) is 4.09. The molecule has 158 valence electrons. The Kier molecular flexibility index (Phi) is 9.50. The van der Waals surface area contributed by atoms with Gasteiger partial charge < -0.3 is 15.0 Å². The molecular formula is C19H31ClN4O3S. The largest absolute Gasteiger partial charge is 0.378 e. The first-order valence-corrected chi connectivity index (χ1v) is 12.1. The maximum Gasteiger partial charge on any atom is 0.194 e. The Bertz CT molecular complexity index is 717. The Morgan fingerprint density at radius 3 is 2.46 bits per heavy atom. The highest BCUT2D eigenvalue weighted by atomic mass is 35.5. The Balaban J connectivity index is 1.75. The quantitative estimate of drug-likeness (QED) is 0.363. The van der Waals surface area contributed by atoms with E-state index in [1.165, 1.54) is 11.8 Å². The number of halogens is 1. The van der Waals surface area contributed by atoms with Crippen molar-refractivity contribution in [1.29, 1.82) is 0 Å². The molecule has 1 heterocycles. The van der Waals surface area contributed by atoms with E-state index < -0.39 is 9.84 Å². The van der Waals surface area contributed by atoms with Crippen LogP contribution in [0.2, 0.25) is 5.02 Å². The molecule has 2 rings (SSSR count). The summed E-state index contributed by atoms with van der Waals surface area (Å²) in [6, 6.07) is 8.01. The van der Waals surface area contributed by atoms with Crippen LogP contribution in [0.25, 0.3) is 0 Å². The summed E-state index contributed by atoms with van der Waals surface area (Å²) in [6.45, 7) is 8.69. The molecule has 0 saturated carbocycles. The summed E-state index contributed by atoms with van der Waals surface area (Å²) < 4.78 is 27.5. The fourth-order valence-corrected chi connectivity index (χ4v) is 3.47. The first-order valence-electron chi connectivity index (χ1n) is 9.63. The van der Waals surface area contributed by atoms with E-state index in [0.717, 1.165) is 50.3 Å².